The first-order valence-corrected chi connectivity index (χ1v) is 7.34. The fourth-order valence-electron chi connectivity index (χ4n) is 2.51. The molecule has 2 aromatic heterocycles. The fourth-order valence-corrected chi connectivity index (χ4v) is 2.51. The Morgan fingerprint density at radius 1 is 0.875 bits per heavy atom. The maximum absolute atomic E-state index is 13.8. The highest BCUT2D eigenvalue weighted by Crippen LogP contribution is 2.23. The zero-order valence-corrected chi connectivity index (χ0v) is 12.4. The third kappa shape index (κ3) is 2.58. The Kier molecular flexibility index (Phi) is 3.42. The van der Waals surface area contributed by atoms with Gasteiger partial charge < -0.3 is 5.32 Å². The van der Waals surface area contributed by atoms with E-state index in [0.717, 1.165) is 0 Å². The van der Waals surface area contributed by atoms with Crippen molar-refractivity contribution in [2.24, 2.45) is 0 Å². The summed E-state index contributed by atoms with van der Waals surface area (Å²) in [7, 11) is 0. The molecule has 0 aliphatic rings. The summed E-state index contributed by atoms with van der Waals surface area (Å²) < 4.78 is 28.8. The third-order valence-corrected chi connectivity index (χ3v) is 3.60. The first-order valence-electron chi connectivity index (χ1n) is 7.34. The Morgan fingerprint density at radius 2 is 1.71 bits per heavy atom. The van der Waals surface area contributed by atoms with E-state index in [1.54, 1.807) is 40.9 Å². The van der Waals surface area contributed by atoms with Crippen molar-refractivity contribution >= 4 is 17.3 Å². The van der Waals surface area contributed by atoms with Crippen LogP contribution in [-0.4, -0.2) is 14.6 Å². The number of anilines is 2. The van der Waals surface area contributed by atoms with E-state index in [1.165, 1.54) is 18.2 Å². The molecule has 0 saturated heterocycles. The van der Waals surface area contributed by atoms with Crippen LogP contribution >= 0.6 is 0 Å². The fraction of sp³-hybridized carbons (Fsp3) is 0. The molecule has 24 heavy (non-hydrogen) atoms. The number of aromatic nitrogens is 3. The second-order valence-electron chi connectivity index (χ2n) is 5.23. The van der Waals surface area contributed by atoms with E-state index in [1.807, 2.05) is 12.1 Å². The predicted octanol–water partition coefficient (Wildman–Crippen LogP) is 4.42. The number of benzene rings is 2. The second-order valence-corrected chi connectivity index (χ2v) is 5.23. The van der Waals surface area contributed by atoms with Crippen LogP contribution in [0.15, 0.2) is 66.7 Å². The molecule has 0 radical (unpaired) electrons. The highest BCUT2D eigenvalue weighted by atomic mass is 19.1. The quantitative estimate of drug-likeness (QED) is 0.607. The number of fused-ring (bicyclic) bond motifs is 1. The van der Waals surface area contributed by atoms with Crippen molar-refractivity contribution in [3.63, 3.8) is 0 Å². The molecule has 118 valence electrons. The highest BCUT2D eigenvalue weighted by molar-refractivity contribution is 5.64. The molecular weight excluding hydrogens is 310 g/mol. The van der Waals surface area contributed by atoms with Gasteiger partial charge in [-0.3, -0.25) is 0 Å². The van der Waals surface area contributed by atoms with Crippen LogP contribution in [0, 0.1) is 11.6 Å². The Morgan fingerprint density at radius 3 is 2.54 bits per heavy atom. The zero-order valence-electron chi connectivity index (χ0n) is 12.4. The SMILES string of the molecule is Fc1cccc(-c2cccc3nc(Nc4ccccc4F)nn23)c1. The van der Waals surface area contributed by atoms with Gasteiger partial charge in [-0.1, -0.05) is 30.3 Å². The number of rotatable bonds is 3. The van der Waals surface area contributed by atoms with Crippen LogP contribution in [0.1, 0.15) is 0 Å². The van der Waals surface area contributed by atoms with Gasteiger partial charge in [0.25, 0.3) is 0 Å². The lowest BCUT2D eigenvalue weighted by Crippen LogP contribution is -1.97. The van der Waals surface area contributed by atoms with Crippen LogP contribution in [0.5, 0.6) is 0 Å². The van der Waals surface area contributed by atoms with Crippen molar-refractivity contribution in [3.8, 4) is 11.3 Å². The molecule has 2 heterocycles. The molecular formula is C18H12F2N4. The van der Waals surface area contributed by atoms with E-state index in [-0.39, 0.29) is 17.6 Å². The monoisotopic (exact) mass is 322 g/mol. The second kappa shape index (κ2) is 5.73. The van der Waals surface area contributed by atoms with Gasteiger partial charge in [0, 0.05) is 5.56 Å². The van der Waals surface area contributed by atoms with Gasteiger partial charge in [0.2, 0.25) is 5.95 Å². The van der Waals surface area contributed by atoms with Gasteiger partial charge in [0.15, 0.2) is 5.65 Å². The molecule has 0 spiro atoms. The molecule has 4 nitrogen and oxygen atoms in total. The minimum Gasteiger partial charge on any atom is -0.320 e. The van der Waals surface area contributed by atoms with Crippen molar-refractivity contribution in [1.29, 1.82) is 0 Å². The summed E-state index contributed by atoms with van der Waals surface area (Å²) in [6.45, 7) is 0. The van der Waals surface area contributed by atoms with Gasteiger partial charge in [-0.25, -0.2) is 13.3 Å². The topological polar surface area (TPSA) is 42.2 Å². The smallest absolute Gasteiger partial charge is 0.247 e. The number of hydrogen-bond donors (Lipinski definition) is 1. The van der Waals surface area contributed by atoms with Crippen molar-refractivity contribution < 1.29 is 8.78 Å². The Bertz CT molecular complexity index is 1030. The number of pyridine rings is 1. The van der Waals surface area contributed by atoms with Crippen molar-refractivity contribution in [2.75, 3.05) is 5.32 Å². The van der Waals surface area contributed by atoms with E-state index >= 15 is 0 Å². The molecule has 0 bridgehead atoms. The molecule has 4 rings (SSSR count). The maximum Gasteiger partial charge on any atom is 0.247 e. The summed E-state index contributed by atoms with van der Waals surface area (Å²) in [4.78, 5) is 4.34. The third-order valence-electron chi connectivity index (χ3n) is 3.60. The number of halogens is 2. The summed E-state index contributed by atoms with van der Waals surface area (Å²) in [5.74, 6) is -0.444. The number of nitrogens with one attached hydrogen (secondary N) is 1. The van der Waals surface area contributed by atoms with Crippen LogP contribution in [-0.2, 0) is 0 Å². The number of hydrogen-bond acceptors (Lipinski definition) is 3. The summed E-state index contributed by atoms with van der Waals surface area (Å²) in [5.41, 5.74) is 2.25. The first-order chi connectivity index (χ1) is 11.7. The van der Waals surface area contributed by atoms with Gasteiger partial charge >= 0.3 is 0 Å². The molecule has 0 atom stereocenters. The molecule has 6 heteroatoms. The molecule has 1 N–H and O–H groups in total. The maximum atomic E-state index is 13.8. The molecule has 0 amide bonds. The predicted molar refractivity (Wildman–Crippen MR) is 88.1 cm³/mol. The van der Waals surface area contributed by atoms with Gasteiger partial charge in [0.1, 0.15) is 11.6 Å². The average Bonchev–Trinajstić information content (AvgIpc) is 2.99. The van der Waals surface area contributed by atoms with Gasteiger partial charge in [-0.15, -0.1) is 5.10 Å². The Hall–Kier alpha value is -3.28. The summed E-state index contributed by atoms with van der Waals surface area (Å²) >= 11 is 0. The van der Waals surface area contributed by atoms with Crippen molar-refractivity contribution in [2.45, 2.75) is 0 Å². The zero-order chi connectivity index (χ0) is 16.5. The number of para-hydroxylation sites is 1. The molecule has 2 aromatic carbocycles. The van der Waals surface area contributed by atoms with Crippen LogP contribution in [0.3, 0.4) is 0 Å². The van der Waals surface area contributed by atoms with Gasteiger partial charge in [-0.05, 0) is 36.4 Å². The molecule has 0 fully saturated rings. The lowest BCUT2D eigenvalue weighted by Gasteiger charge is -2.04. The lowest BCUT2D eigenvalue weighted by atomic mass is 10.1. The highest BCUT2D eigenvalue weighted by Gasteiger charge is 2.10. The van der Waals surface area contributed by atoms with E-state index < -0.39 is 0 Å². The van der Waals surface area contributed by atoms with Gasteiger partial charge in [-0.2, -0.15) is 4.98 Å². The lowest BCUT2D eigenvalue weighted by molar-refractivity contribution is 0.628. The average molecular weight is 322 g/mol. The summed E-state index contributed by atoms with van der Waals surface area (Å²) in [6, 6.07) is 18.0. The number of nitrogens with zero attached hydrogens (tertiary/aromatic N) is 3. The van der Waals surface area contributed by atoms with Crippen LogP contribution < -0.4 is 5.32 Å². The van der Waals surface area contributed by atoms with E-state index in [4.69, 9.17) is 0 Å². The molecule has 0 saturated carbocycles. The molecule has 0 unspecified atom stereocenters. The van der Waals surface area contributed by atoms with E-state index in [0.29, 0.717) is 22.6 Å². The largest absolute Gasteiger partial charge is 0.320 e. The minimum atomic E-state index is -0.387. The Balaban J connectivity index is 1.79. The summed E-state index contributed by atoms with van der Waals surface area (Å²) in [5, 5.41) is 7.22. The van der Waals surface area contributed by atoms with E-state index in [2.05, 4.69) is 15.4 Å². The van der Waals surface area contributed by atoms with E-state index in [9.17, 15) is 8.78 Å². The van der Waals surface area contributed by atoms with Crippen molar-refractivity contribution in [1.82, 2.24) is 14.6 Å². The molecule has 0 aliphatic carbocycles. The van der Waals surface area contributed by atoms with Crippen LogP contribution in [0.4, 0.5) is 20.4 Å². The van der Waals surface area contributed by atoms with Crippen molar-refractivity contribution in [3.05, 3.63) is 78.4 Å². The summed E-state index contributed by atoms with van der Waals surface area (Å²) in [6.07, 6.45) is 0. The minimum absolute atomic E-state index is 0.268. The Labute approximate surface area is 136 Å². The van der Waals surface area contributed by atoms with Gasteiger partial charge in [0.05, 0.1) is 11.4 Å². The standard InChI is InChI=1S/C18H12F2N4/c19-13-6-3-5-12(11-13)16-9-4-10-17-22-18(23-24(16)17)21-15-8-2-1-7-14(15)20/h1-11H,(H,21,23). The normalized spacial score (nSPS) is 10.9. The molecule has 0 aliphatic heterocycles. The first kappa shape index (κ1) is 14.3. The molecule has 4 aromatic rings. The van der Waals surface area contributed by atoms with Crippen LogP contribution in [0.2, 0.25) is 0 Å². The van der Waals surface area contributed by atoms with Crippen LogP contribution in [0.25, 0.3) is 16.9 Å².